The molecule has 3 aliphatic rings. The smallest absolute Gasteiger partial charge is 0.0116 e. The normalized spacial score (nSPS) is 24.1. The first kappa shape index (κ1) is 24.0. The van der Waals surface area contributed by atoms with Crippen molar-refractivity contribution in [3.63, 3.8) is 0 Å². The zero-order chi connectivity index (χ0) is 19.8. The van der Waals surface area contributed by atoms with E-state index in [1.54, 1.807) is 0 Å². The van der Waals surface area contributed by atoms with Crippen LogP contribution >= 0.6 is 0 Å². The fourth-order valence-corrected chi connectivity index (χ4v) is 4.17. The lowest BCUT2D eigenvalue weighted by atomic mass is 9.74. The van der Waals surface area contributed by atoms with Gasteiger partial charge in [-0.2, -0.15) is 0 Å². The molecule has 1 aliphatic heterocycles. The van der Waals surface area contributed by atoms with E-state index in [1.165, 1.54) is 70.8 Å². The fourth-order valence-electron chi connectivity index (χ4n) is 4.17. The highest BCUT2D eigenvalue weighted by Gasteiger charge is 2.25. The molecule has 1 N–H and O–H groups in total. The van der Waals surface area contributed by atoms with Crippen molar-refractivity contribution in [1.82, 2.24) is 5.32 Å². The maximum Gasteiger partial charge on any atom is 0.0116 e. The SMILES string of the molecule is CC(C)(C)C1CCCCN1.CC(C)(C)CC1CCC1.CC(C)CC1CC1. The Labute approximate surface area is 166 Å². The lowest BCUT2D eigenvalue weighted by Crippen LogP contribution is -2.43. The average molecular weight is 366 g/mol. The van der Waals surface area contributed by atoms with Gasteiger partial charge >= 0.3 is 0 Å². The molecule has 0 aromatic rings. The Bertz CT molecular complexity index is 343. The van der Waals surface area contributed by atoms with Gasteiger partial charge in [-0.3, -0.25) is 0 Å². The Morgan fingerprint density at radius 1 is 0.769 bits per heavy atom. The molecule has 3 rings (SSSR count). The third-order valence-electron chi connectivity index (χ3n) is 5.98. The Balaban J connectivity index is 0.000000198. The van der Waals surface area contributed by atoms with Crippen molar-refractivity contribution in [2.24, 2.45) is 28.6 Å². The molecule has 1 unspecified atom stereocenters. The minimum Gasteiger partial charge on any atom is -0.313 e. The summed E-state index contributed by atoms with van der Waals surface area (Å²) in [5.41, 5.74) is 1.03. The molecule has 3 fully saturated rings. The molecule has 2 aliphatic carbocycles. The fraction of sp³-hybridized carbons (Fsp3) is 1.00. The van der Waals surface area contributed by atoms with Crippen LogP contribution in [0.2, 0.25) is 0 Å². The predicted octanol–water partition coefficient (Wildman–Crippen LogP) is 7.84. The Morgan fingerprint density at radius 2 is 1.38 bits per heavy atom. The molecule has 1 heterocycles. The van der Waals surface area contributed by atoms with Crippen molar-refractivity contribution in [3.05, 3.63) is 0 Å². The van der Waals surface area contributed by atoms with Crippen LogP contribution in [0.5, 0.6) is 0 Å². The van der Waals surface area contributed by atoms with Crippen LogP contribution in [0.4, 0.5) is 0 Å². The van der Waals surface area contributed by atoms with E-state index in [1.807, 2.05) is 0 Å². The molecule has 26 heavy (non-hydrogen) atoms. The van der Waals surface area contributed by atoms with E-state index in [-0.39, 0.29) is 0 Å². The number of piperidine rings is 1. The van der Waals surface area contributed by atoms with Crippen LogP contribution in [0.3, 0.4) is 0 Å². The van der Waals surface area contributed by atoms with Crippen molar-refractivity contribution < 1.29 is 0 Å². The van der Waals surface area contributed by atoms with Gasteiger partial charge in [0.1, 0.15) is 0 Å². The molecule has 1 nitrogen and oxygen atoms in total. The maximum absolute atomic E-state index is 3.56. The average Bonchev–Trinajstić information content (AvgIpc) is 3.27. The second-order valence-electron chi connectivity index (χ2n) is 12.0. The first-order chi connectivity index (χ1) is 12.0. The van der Waals surface area contributed by atoms with Crippen LogP contribution in [0.15, 0.2) is 0 Å². The summed E-state index contributed by atoms with van der Waals surface area (Å²) in [5, 5.41) is 3.56. The quantitative estimate of drug-likeness (QED) is 0.537. The molecule has 156 valence electrons. The summed E-state index contributed by atoms with van der Waals surface area (Å²) in [6, 6.07) is 0.751. The van der Waals surface area contributed by atoms with Crippen molar-refractivity contribution in [3.8, 4) is 0 Å². The van der Waals surface area contributed by atoms with Gasteiger partial charge in [0, 0.05) is 6.04 Å². The lowest BCUT2D eigenvalue weighted by Gasteiger charge is -2.34. The largest absolute Gasteiger partial charge is 0.313 e. The van der Waals surface area contributed by atoms with Crippen LogP contribution < -0.4 is 5.32 Å². The van der Waals surface area contributed by atoms with Crippen molar-refractivity contribution in [2.45, 2.75) is 126 Å². The summed E-state index contributed by atoms with van der Waals surface area (Å²) in [4.78, 5) is 0. The summed E-state index contributed by atoms with van der Waals surface area (Å²) >= 11 is 0. The van der Waals surface area contributed by atoms with E-state index in [4.69, 9.17) is 0 Å². The first-order valence-electron chi connectivity index (χ1n) is 11.7. The van der Waals surface area contributed by atoms with Crippen molar-refractivity contribution >= 4 is 0 Å². The highest BCUT2D eigenvalue weighted by molar-refractivity contribution is 4.82. The molecule has 1 atom stereocenters. The van der Waals surface area contributed by atoms with E-state index >= 15 is 0 Å². The van der Waals surface area contributed by atoms with Crippen LogP contribution in [0.25, 0.3) is 0 Å². The highest BCUT2D eigenvalue weighted by Crippen LogP contribution is 2.36. The summed E-state index contributed by atoms with van der Waals surface area (Å²) in [6.07, 6.45) is 14.6. The number of rotatable bonds is 3. The molecular weight excluding hydrogens is 314 g/mol. The van der Waals surface area contributed by atoms with Crippen molar-refractivity contribution in [1.29, 1.82) is 0 Å². The Hall–Kier alpha value is -0.0400. The first-order valence-corrected chi connectivity index (χ1v) is 11.7. The van der Waals surface area contributed by atoms with Gasteiger partial charge in [-0.05, 0) is 60.8 Å². The zero-order valence-corrected chi connectivity index (χ0v) is 19.6. The van der Waals surface area contributed by atoms with Gasteiger partial charge in [-0.1, -0.05) is 93.9 Å². The topological polar surface area (TPSA) is 12.0 Å². The number of hydrogen-bond acceptors (Lipinski definition) is 1. The third-order valence-corrected chi connectivity index (χ3v) is 5.98. The van der Waals surface area contributed by atoms with E-state index in [9.17, 15) is 0 Å². The molecular formula is C25H51N. The maximum atomic E-state index is 3.56. The van der Waals surface area contributed by atoms with Gasteiger partial charge in [0.05, 0.1) is 0 Å². The third kappa shape index (κ3) is 12.4. The minimum absolute atomic E-state index is 0.459. The summed E-state index contributed by atoms with van der Waals surface area (Å²) < 4.78 is 0. The summed E-state index contributed by atoms with van der Waals surface area (Å²) in [7, 11) is 0. The zero-order valence-electron chi connectivity index (χ0n) is 19.6. The second-order valence-corrected chi connectivity index (χ2v) is 12.0. The van der Waals surface area contributed by atoms with Crippen LogP contribution in [-0.4, -0.2) is 12.6 Å². The van der Waals surface area contributed by atoms with Gasteiger partial charge in [0.15, 0.2) is 0 Å². The minimum atomic E-state index is 0.459. The Morgan fingerprint density at radius 3 is 1.58 bits per heavy atom. The predicted molar refractivity (Wildman–Crippen MR) is 119 cm³/mol. The lowest BCUT2D eigenvalue weighted by molar-refractivity contribution is 0.207. The molecule has 1 saturated heterocycles. The molecule has 0 radical (unpaired) electrons. The van der Waals surface area contributed by atoms with Gasteiger partial charge in [-0.15, -0.1) is 0 Å². The molecule has 0 spiro atoms. The van der Waals surface area contributed by atoms with Gasteiger partial charge in [0.25, 0.3) is 0 Å². The molecule has 0 aromatic carbocycles. The molecule has 0 amide bonds. The van der Waals surface area contributed by atoms with Gasteiger partial charge in [-0.25, -0.2) is 0 Å². The molecule has 1 heteroatoms. The van der Waals surface area contributed by atoms with E-state index in [0.717, 1.165) is 23.8 Å². The monoisotopic (exact) mass is 365 g/mol. The molecule has 0 aromatic heterocycles. The van der Waals surface area contributed by atoms with E-state index in [2.05, 4.69) is 60.7 Å². The van der Waals surface area contributed by atoms with Crippen LogP contribution in [-0.2, 0) is 0 Å². The molecule has 2 saturated carbocycles. The standard InChI is InChI=1S/C9H19N.C9H18.C7H14/c1-9(2,3)8-6-4-5-7-10-8;1-9(2,3)7-8-5-4-6-8;1-6(2)5-7-3-4-7/h8,10H,4-7H2,1-3H3;8H,4-7H2,1-3H3;6-7H,3-5H2,1-2H3. The van der Waals surface area contributed by atoms with Crippen LogP contribution in [0.1, 0.15) is 120 Å². The number of nitrogens with one attached hydrogen (secondary N) is 1. The van der Waals surface area contributed by atoms with Crippen LogP contribution in [0, 0.1) is 28.6 Å². The molecule has 0 bridgehead atoms. The van der Waals surface area contributed by atoms with Gasteiger partial charge in [0.2, 0.25) is 0 Å². The number of hydrogen-bond donors (Lipinski definition) is 1. The van der Waals surface area contributed by atoms with Gasteiger partial charge < -0.3 is 5.32 Å². The summed E-state index contributed by atoms with van der Waals surface area (Å²) in [5.74, 6) is 3.14. The second kappa shape index (κ2) is 11.1. The Kier molecular flexibility index (Phi) is 10.2. The summed E-state index contributed by atoms with van der Waals surface area (Å²) in [6.45, 7) is 19.8. The highest BCUT2D eigenvalue weighted by atomic mass is 14.9. The van der Waals surface area contributed by atoms with Crippen molar-refractivity contribution in [2.75, 3.05) is 6.54 Å². The van der Waals surface area contributed by atoms with E-state index in [0.29, 0.717) is 10.8 Å². The van der Waals surface area contributed by atoms with E-state index < -0.39 is 0 Å².